The van der Waals surface area contributed by atoms with Crippen LogP contribution in [0.2, 0.25) is 0 Å². The molecule has 2 nitrogen and oxygen atoms in total. The summed E-state index contributed by atoms with van der Waals surface area (Å²) in [5.74, 6) is 6.66. The Balaban J connectivity index is 1.59. The second-order valence-electron chi connectivity index (χ2n) is 5.50. The van der Waals surface area contributed by atoms with E-state index in [4.69, 9.17) is 4.74 Å². The van der Waals surface area contributed by atoms with Gasteiger partial charge in [-0.15, -0.1) is 0 Å². The lowest BCUT2D eigenvalue weighted by Gasteiger charge is -2.09. The van der Waals surface area contributed by atoms with Gasteiger partial charge in [-0.05, 0) is 54.1 Å². The van der Waals surface area contributed by atoms with Gasteiger partial charge in [-0.25, -0.2) is 0 Å². The SMILES string of the molecule is FC(F)(F)c1ccc(COc2ccc(C#Cc3cccnc3)cc2)cc1. The monoisotopic (exact) mass is 353 g/mol. The second-order valence-corrected chi connectivity index (χ2v) is 5.50. The first kappa shape index (κ1) is 17.6. The summed E-state index contributed by atoms with van der Waals surface area (Å²) in [6.45, 7) is 0.193. The number of halogens is 3. The van der Waals surface area contributed by atoms with E-state index in [2.05, 4.69) is 16.8 Å². The zero-order valence-electron chi connectivity index (χ0n) is 13.6. The standard InChI is InChI=1S/C21H14F3NO/c22-21(23,24)19-9-5-18(6-10-19)15-26-20-11-7-16(8-12-20)3-4-17-2-1-13-25-14-17/h1-2,5-14H,15H2. The number of hydrogen-bond acceptors (Lipinski definition) is 2. The third-order valence-electron chi connectivity index (χ3n) is 3.55. The van der Waals surface area contributed by atoms with Gasteiger partial charge in [0.1, 0.15) is 12.4 Å². The van der Waals surface area contributed by atoms with Gasteiger partial charge in [-0.1, -0.05) is 24.0 Å². The van der Waals surface area contributed by atoms with Crippen molar-refractivity contribution >= 4 is 0 Å². The van der Waals surface area contributed by atoms with Gasteiger partial charge in [0.15, 0.2) is 0 Å². The highest BCUT2D eigenvalue weighted by Crippen LogP contribution is 2.29. The normalized spacial score (nSPS) is 10.7. The number of alkyl halides is 3. The molecule has 0 aliphatic heterocycles. The Morgan fingerprint density at radius 3 is 2.15 bits per heavy atom. The molecule has 0 amide bonds. The Bertz CT molecular complexity index is 906. The number of rotatable bonds is 3. The van der Waals surface area contributed by atoms with Gasteiger partial charge in [0.05, 0.1) is 5.56 Å². The van der Waals surface area contributed by atoms with Gasteiger partial charge < -0.3 is 4.74 Å². The molecule has 26 heavy (non-hydrogen) atoms. The number of hydrogen-bond donors (Lipinski definition) is 0. The topological polar surface area (TPSA) is 22.1 Å². The smallest absolute Gasteiger partial charge is 0.416 e. The number of pyridine rings is 1. The highest BCUT2D eigenvalue weighted by Gasteiger charge is 2.29. The Morgan fingerprint density at radius 1 is 0.846 bits per heavy atom. The van der Waals surface area contributed by atoms with Crippen molar-refractivity contribution in [1.29, 1.82) is 0 Å². The molecule has 0 N–H and O–H groups in total. The third kappa shape index (κ3) is 4.87. The maximum absolute atomic E-state index is 12.5. The highest BCUT2D eigenvalue weighted by atomic mass is 19.4. The van der Waals surface area contributed by atoms with Crippen LogP contribution in [0.25, 0.3) is 0 Å². The Hall–Kier alpha value is -3.26. The van der Waals surface area contributed by atoms with Crippen LogP contribution in [-0.2, 0) is 12.8 Å². The first-order valence-corrected chi connectivity index (χ1v) is 7.82. The lowest BCUT2D eigenvalue weighted by atomic mass is 10.1. The second kappa shape index (κ2) is 7.75. The van der Waals surface area contributed by atoms with E-state index in [9.17, 15) is 13.2 Å². The zero-order valence-corrected chi connectivity index (χ0v) is 13.6. The van der Waals surface area contributed by atoms with Crippen LogP contribution in [-0.4, -0.2) is 4.98 Å². The highest BCUT2D eigenvalue weighted by molar-refractivity contribution is 5.43. The van der Waals surface area contributed by atoms with E-state index in [1.807, 2.05) is 24.3 Å². The minimum Gasteiger partial charge on any atom is -0.489 e. The van der Waals surface area contributed by atoms with E-state index in [1.54, 1.807) is 24.5 Å². The van der Waals surface area contributed by atoms with Crippen LogP contribution in [0, 0.1) is 11.8 Å². The van der Waals surface area contributed by atoms with Gasteiger partial charge >= 0.3 is 6.18 Å². The molecule has 3 rings (SSSR count). The molecule has 5 heteroatoms. The molecule has 0 saturated carbocycles. The zero-order chi connectivity index (χ0) is 18.4. The van der Waals surface area contributed by atoms with Crippen molar-refractivity contribution in [2.24, 2.45) is 0 Å². The first-order chi connectivity index (χ1) is 12.5. The minimum absolute atomic E-state index is 0.193. The van der Waals surface area contributed by atoms with Gasteiger partial charge in [-0.3, -0.25) is 4.98 Å². The average Bonchev–Trinajstić information content (AvgIpc) is 2.66. The summed E-state index contributed by atoms with van der Waals surface area (Å²) < 4.78 is 43.2. The summed E-state index contributed by atoms with van der Waals surface area (Å²) in [4.78, 5) is 4.00. The van der Waals surface area contributed by atoms with Crippen LogP contribution < -0.4 is 4.74 Å². The molecular formula is C21H14F3NO. The fraction of sp³-hybridized carbons (Fsp3) is 0.0952. The van der Waals surface area contributed by atoms with E-state index in [1.165, 1.54) is 12.1 Å². The molecule has 0 aliphatic rings. The molecule has 130 valence electrons. The molecule has 1 heterocycles. The lowest BCUT2D eigenvalue weighted by Crippen LogP contribution is -2.05. The van der Waals surface area contributed by atoms with Crippen LogP contribution in [0.3, 0.4) is 0 Å². The summed E-state index contributed by atoms with van der Waals surface area (Å²) in [5, 5.41) is 0. The molecule has 0 radical (unpaired) electrons. The summed E-state index contributed by atoms with van der Waals surface area (Å²) in [7, 11) is 0. The van der Waals surface area contributed by atoms with Crippen molar-refractivity contribution < 1.29 is 17.9 Å². The van der Waals surface area contributed by atoms with Crippen LogP contribution in [0.15, 0.2) is 73.1 Å². The number of benzene rings is 2. The summed E-state index contributed by atoms with van der Waals surface area (Å²) in [6.07, 6.45) is -0.950. The first-order valence-electron chi connectivity index (χ1n) is 7.82. The van der Waals surface area contributed by atoms with Crippen molar-refractivity contribution in [2.75, 3.05) is 0 Å². The number of ether oxygens (including phenoxy) is 1. The van der Waals surface area contributed by atoms with E-state index in [0.717, 1.165) is 23.3 Å². The molecule has 0 unspecified atom stereocenters. The lowest BCUT2D eigenvalue weighted by molar-refractivity contribution is -0.137. The average molecular weight is 353 g/mol. The van der Waals surface area contributed by atoms with Gasteiger partial charge in [0.25, 0.3) is 0 Å². The summed E-state index contributed by atoms with van der Waals surface area (Å²) in [5.41, 5.74) is 1.65. The van der Waals surface area contributed by atoms with Crippen LogP contribution in [0.4, 0.5) is 13.2 Å². The molecule has 2 aromatic carbocycles. The Labute approximate surface area is 149 Å². The van der Waals surface area contributed by atoms with E-state index in [-0.39, 0.29) is 6.61 Å². The molecule has 0 fully saturated rings. The van der Waals surface area contributed by atoms with Crippen molar-refractivity contribution in [3.8, 4) is 17.6 Å². The van der Waals surface area contributed by atoms with E-state index >= 15 is 0 Å². The molecule has 0 spiro atoms. The maximum atomic E-state index is 12.5. The Morgan fingerprint density at radius 2 is 1.54 bits per heavy atom. The number of nitrogens with zero attached hydrogens (tertiary/aromatic N) is 1. The van der Waals surface area contributed by atoms with Crippen molar-refractivity contribution in [1.82, 2.24) is 4.98 Å². The van der Waals surface area contributed by atoms with Crippen molar-refractivity contribution in [2.45, 2.75) is 12.8 Å². The molecular weight excluding hydrogens is 339 g/mol. The molecule has 3 aromatic rings. The maximum Gasteiger partial charge on any atom is 0.416 e. The fourth-order valence-electron chi connectivity index (χ4n) is 2.17. The van der Waals surface area contributed by atoms with Crippen molar-refractivity contribution in [3.05, 3.63) is 95.3 Å². The van der Waals surface area contributed by atoms with Crippen LogP contribution in [0.1, 0.15) is 22.3 Å². The number of aromatic nitrogens is 1. The predicted octanol–water partition coefficient (Wildman–Crippen LogP) is 5.08. The van der Waals surface area contributed by atoms with E-state index in [0.29, 0.717) is 11.3 Å². The molecule has 0 atom stereocenters. The predicted molar refractivity (Wildman–Crippen MR) is 92.4 cm³/mol. The molecule has 1 aromatic heterocycles. The van der Waals surface area contributed by atoms with Crippen molar-refractivity contribution in [3.63, 3.8) is 0 Å². The van der Waals surface area contributed by atoms with Crippen LogP contribution in [0.5, 0.6) is 5.75 Å². The Kier molecular flexibility index (Phi) is 5.23. The third-order valence-corrected chi connectivity index (χ3v) is 3.55. The molecule has 0 bridgehead atoms. The molecule has 0 aliphatic carbocycles. The van der Waals surface area contributed by atoms with Gasteiger partial charge in [0, 0.05) is 23.5 Å². The van der Waals surface area contributed by atoms with Crippen LogP contribution >= 0.6 is 0 Å². The van der Waals surface area contributed by atoms with Gasteiger partial charge in [0.2, 0.25) is 0 Å². The summed E-state index contributed by atoms with van der Waals surface area (Å²) in [6, 6.07) is 15.8. The van der Waals surface area contributed by atoms with E-state index < -0.39 is 11.7 Å². The molecule has 0 saturated heterocycles. The quantitative estimate of drug-likeness (QED) is 0.613. The largest absolute Gasteiger partial charge is 0.489 e. The minimum atomic E-state index is -4.33. The summed E-state index contributed by atoms with van der Waals surface area (Å²) >= 11 is 0. The van der Waals surface area contributed by atoms with Gasteiger partial charge in [-0.2, -0.15) is 13.2 Å². The fourth-order valence-corrected chi connectivity index (χ4v) is 2.17.